The zero-order valence-corrected chi connectivity index (χ0v) is 9.95. The molecule has 0 radical (unpaired) electrons. The molecular formula is C11H13ClN4. The molecule has 2 rings (SSSR count). The molecule has 1 unspecified atom stereocenters. The van der Waals surface area contributed by atoms with E-state index in [1.165, 1.54) is 0 Å². The lowest BCUT2D eigenvalue weighted by molar-refractivity contribution is 0.789. The number of aromatic nitrogens is 2. The molecule has 1 atom stereocenters. The lowest BCUT2D eigenvalue weighted by Crippen LogP contribution is -2.07. The van der Waals surface area contributed by atoms with E-state index in [1.54, 1.807) is 10.9 Å². The second-order valence-corrected chi connectivity index (χ2v) is 3.67. The molecule has 1 aromatic heterocycles. The first-order chi connectivity index (χ1) is 7.13. The van der Waals surface area contributed by atoms with E-state index in [-0.39, 0.29) is 18.4 Å². The van der Waals surface area contributed by atoms with Crippen molar-refractivity contribution in [1.82, 2.24) is 9.78 Å². The van der Waals surface area contributed by atoms with Gasteiger partial charge in [-0.05, 0) is 24.6 Å². The van der Waals surface area contributed by atoms with Gasteiger partial charge in [-0.2, -0.15) is 10.4 Å². The van der Waals surface area contributed by atoms with Gasteiger partial charge in [-0.25, -0.2) is 0 Å². The number of hydrogen-bond donors (Lipinski definition) is 1. The van der Waals surface area contributed by atoms with E-state index in [2.05, 4.69) is 11.2 Å². The lowest BCUT2D eigenvalue weighted by Gasteiger charge is -2.08. The van der Waals surface area contributed by atoms with Crippen LogP contribution in [-0.2, 0) is 7.05 Å². The second kappa shape index (κ2) is 4.52. The van der Waals surface area contributed by atoms with Gasteiger partial charge in [0, 0.05) is 18.5 Å². The molecule has 4 nitrogen and oxygen atoms in total. The number of halogens is 1. The van der Waals surface area contributed by atoms with E-state index >= 15 is 0 Å². The lowest BCUT2D eigenvalue weighted by atomic mass is 10.0. The summed E-state index contributed by atoms with van der Waals surface area (Å²) in [7, 11) is 1.87. The third-order valence-corrected chi connectivity index (χ3v) is 2.53. The predicted octanol–water partition coefficient (Wildman–Crippen LogP) is 1.89. The third-order valence-electron chi connectivity index (χ3n) is 2.53. The van der Waals surface area contributed by atoms with Crippen LogP contribution in [0.5, 0.6) is 0 Å². The van der Waals surface area contributed by atoms with Crippen LogP contribution in [0.25, 0.3) is 10.9 Å². The highest BCUT2D eigenvalue weighted by Gasteiger charge is 2.10. The van der Waals surface area contributed by atoms with Crippen LogP contribution in [0.15, 0.2) is 18.3 Å². The first-order valence-electron chi connectivity index (χ1n) is 4.75. The second-order valence-electron chi connectivity index (χ2n) is 3.67. The maximum atomic E-state index is 9.00. The van der Waals surface area contributed by atoms with Crippen LogP contribution in [0.3, 0.4) is 0 Å². The minimum absolute atomic E-state index is 0. The summed E-state index contributed by atoms with van der Waals surface area (Å²) in [5, 5.41) is 14.1. The molecule has 2 aromatic rings. The van der Waals surface area contributed by atoms with Crippen LogP contribution < -0.4 is 5.73 Å². The van der Waals surface area contributed by atoms with Gasteiger partial charge >= 0.3 is 0 Å². The molecule has 16 heavy (non-hydrogen) atoms. The average molecular weight is 237 g/mol. The molecule has 84 valence electrons. The first kappa shape index (κ1) is 12.5. The number of rotatable bonds is 1. The summed E-state index contributed by atoms with van der Waals surface area (Å²) in [6, 6.07) is 5.79. The van der Waals surface area contributed by atoms with Crippen LogP contribution in [-0.4, -0.2) is 9.78 Å². The van der Waals surface area contributed by atoms with Crippen molar-refractivity contribution in [3.63, 3.8) is 0 Å². The zero-order valence-electron chi connectivity index (χ0n) is 9.14. The van der Waals surface area contributed by atoms with Crippen molar-refractivity contribution in [3.8, 4) is 6.07 Å². The van der Waals surface area contributed by atoms with Crippen molar-refractivity contribution >= 4 is 23.3 Å². The maximum Gasteiger partial charge on any atom is 0.0995 e. The fourth-order valence-corrected chi connectivity index (χ4v) is 1.69. The van der Waals surface area contributed by atoms with E-state index in [1.807, 2.05) is 26.1 Å². The quantitative estimate of drug-likeness (QED) is 0.822. The maximum absolute atomic E-state index is 9.00. The van der Waals surface area contributed by atoms with E-state index < -0.39 is 0 Å². The number of nitrogens with zero attached hydrogens (tertiary/aromatic N) is 3. The molecule has 0 aliphatic heterocycles. The SMILES string of the molecule is CC(N)c1cc2c(cnn2C)cc1C#N.Cl. The van der Waals surface area contributed by atoms with Gasteiger partial charge in [-0.15, -0.1) is 12.4 Å². The number of aryl methyl sites for hydroxylation is 1. The Morgan fingerprint density at radius 3 is 2.75 bits per heavy atom. The van der Waals surface area contributed by atoms with Gasteiger partial charge in [0.1, 0.15) is 0 Å². The molecule has 1 aromatic carbocycles. The number of hydrogen-bond acceptors (Lipinski definition) is 3. The van der Waals surface area contributed by atoms with Crippen molar-refractivity contribution in [2.75, 3.05) is 0 Å². The van der Waals surface area contributed by atoms with Crippen molar-refractivity contribution in [2.45, 2.75) is 13.0 Å². The summed E-state index contributed by atoms with van der Waals surface area (Å²) in [6.45, 7) is 1.87. The van der Waals surface area contributed by atoms with Crippen LogP contribution >= 0.6 is 12.4 Å². The van der Waals surface area contributed by atoms with Gasteiger partial charge < -0.3 is 5.73 Å². The van der Waals surface area contributed by atoms with Gasteiger partial charge in [0.05, 0.1) is 23.3 Å². The summed E-state index contributed by atoms with van der Waals surface area (Å²) >= 11 is 0. The third kappa shape index (κ3) is 1.87. The molecule has 0 aliphatic rings. The largest absolute Gasteiger partial charge is 0.324 e. The minimum Gasteiger partial charge on any atom is -0.324 e. The summed E-state index contributed by atoms with van der Waals surface area (Å²) in [4.78, 5) is 0. The van der Waals surface area contributed by atoms with Gasteiger partial charge in [-0.3, -0.25) is 4.68 Å². The number of nitrogens with two attached hydrogens (primary N) is 1. The van der Waals surface area contributed by atoms with Crippen molar-refractivity contribution in [1.29, 1.82) is 5.26 Å². The van der Waals surface area contributed by atoms with E-state index in [9.17, 15) is 0 Å². The monoisotopic (exact) mass is 236 g/mol. The van der Waals surface area contributed by atoms with Crippen LogP contribution in [0.2, 0.25) is 0 Å². The molecule has 0 fully saturated rings. The fraction of sp³-hybridized carbons (Fsp3) is 0.273. The normalized spacial score (nSPS) is 11.9. The summed E-state index contributed by atoms with van der Waals surface area (Å²) in [5.74, 6) is 0. The van der Waals surface area contributed by atoms with E-state index in [0.717, 1.165) is 16.5 Å². The topological polar surface area (TPSA) is 67.6 Å². The van der Waals surface area contributed by atoms with Crippen LogP contribution in [0.4, 0.5) is 0 Å². The molecule has 0 amide bonds. The molecule has 0 spiro atoms. The Labute approximate surface area is 100 Å². The summed E-state index contributed by atoms with van der Waals surface area (Å²) in [5.41, 5.74) is 8.32. The Balaban J connectivity index is 0.00000128. The highest BCUT2D eigenvalue weighted by atomic mass is 35.5. The Kier molecular flexibility index (Phi) is 3.53. The Morgan fingerprint density at radius 1 is 1.50 bits per heavy atom. The van der Waals surface area contributed by atoms with Crippen LogP contribution in [0, 0.1) is 11.3 Å². The van der Waals surface area contributed by atoms with Crippen LogP contribution in [0.1, 0.15) is 24.1 Å². The molecule has 2 N–H and O–H groups in total. The molecule has 1 heterocycles. The first-order valence-corrected chi connectivity index (χ1v) is 4.75. The molecule has 0 saturated heterocycles. The molecule has 0 bridgehead atoms. The van der Waals surface area contributed by atoms with Gasteiger partial charge in [-0.1, -0.05) is 0 Å². The Morgan fingerprint density at radius 2 is 2.19 bits per heavy atom. The molecule has 5 heteroatoms. The van der Waals surface area contributed by atoms with E-state index in [4.69, 9.17) is 11.0 Å². The van der Waals surface area contributed by atoms with E-state index in [0.29, 0.717) is 5.56 Å². The summed E-state index contributed by atoms with van der Waals surface area (Å²) in [6.07, 6.45) is 1.75. The molecule has 0 saturated carbocycles. The van der Waals surface area contributed by atoms with Crippen molar-refractivity contribution in [3.05, 3.63) is 29.5 Å². The van der Waals surface area contributed by atoms with Crippen molar-refractivity contribution in [2.24, 2.45) is 12.8 Å². The predicted molar refractivity (Wildman–Crippen MR) is 65.3 cm³/mol. The Hall–Kier alpha value is -1.57. The highest BCUT2D eigenvalue weighted by Crippen LogP contribution is 2.22. The highest BCUT2D eigenvalue weighted by molar-refractivity contribution is 5.85. The van der Waals surface area contributed by atoms with Gasteiger partial charge in [0.2, 0.25) is 0 Å². The van der Waals surface area contributed by atoms with Crippen molar-refractivity contribution < 1.29 is 0 Å². The summed E-state index contributed by atoms with van der Waals surface area (Å²) < 4.78 is 1.78. The molecular weight excluding hydrogens is 224 g/mol. The Bertz CT molecular complexity index is 551. The number of benzene rings is 1. The minimum atomic E-state index is -0.140. The van der Waals surface area contributed by atoms with Gasteiger partial charge in [0.15, 0.2) is 0 Å². The zero-order chi connectivity index (χ0) is 11.0. The molecule has 0 aliphatic carbocycles. The number of nitriles is 1. The van der Waals surface area contributed by atoms with Gasteiger partial charge in [0.25, 0.3) is 0 Å². The standard InChI is InChI=1S/C11H12N4.ClH/c1-7(13)10-4-11-9(3-8(10)5-12)6-14-15(11)2;/h3-4,6-7H,13H2,1-2H3;1H. The fourth-order valence-electron chi connectivity index (χ4n) is 1.69. The number of fused-ring (bicyclic) bond motifs is 1. The smallest absolute Gasteiger partial charge is 0.0995 e. The average Bonchev–Trinajstić information content (AvgIpc) is 2.58.